The maximum atomic E-state index is 15.0. The second kappa shape index (κ2) is 13.0. The largest absolute Gasteiger partial charge is 0.207 e. The standard InChI is InChI=1S/C34H40F2/c1-3-4-6-9-26-12-14-27(15-13-26)16-17-28-18-20-30(21-19-28)31-23-33(35)32(34(36)24-31)22-25(2)29-10-7-5-8-11-29/h3-5,7-8,10-15,23-25,28,30H,6,9,16-22H2,1-2H3/b4-3+. The molecule has 0 spiro atoms. The summed E-state index contributed by atoms with van der Waals surface area (Å²) in [6, 6.07) is 22.3. The summed E-state index contributed by atoms with van der Waals surface area (Å²) in [6.07, 6.45) is 13.5. The normalized spacial score (nSPS) is 19.0. The fraction of sp³-hybridized carbons (Fsp3) is 0.412. The molecular formula is C34H40F2. The molecule has 0 saturated heterocycles. The van der Waals surface area contributed by atoms with E-state index in [1.807, 2.05) is 37.3 Å². The van der Waals surface area contributed by atoms with Crippen LogP contribution in [0.15, 0.2) is 78.9 Å². The van der Waals surface area contributed by atoms with Gasteiger partial charge in [0.2, 0.25) is 0 Å². The Morgan fingerprint density at radius 2 is 1.44 bits per heavy atom. The molecule has 0 heterocycles. The molecule has 36 heavy (non-hydrogen) atoms. The summed E-state index contributed by atoms with van der Waals surface area (Å²) in [5.41, 5.74) is 4.98. The maximum Gasteiger partial charge on any atom is 0.129 e. The Morgan fingerprint density at radius 1 is 0.833 bits per heavy atom. The van der Waals surface area contributed by atoms with Gasteiger partial charge in [0.15, 0.2) is 0 Å². The van der Waals surface area contributed by atoms with Crippen molar-refractivity contribution in [3.8, 4) is 0 Å². The number of benzene rings is 3. The minimum absolute atomic E-state index is 0.0749. The zero-order valence-corrected chi connectivity index (χ0v) is 21.9. The van der Waals surface area contributed by atoms with Gasteiger partial charge in [0.05, 0.1) is 0 Å². The molecule has 0 N–H and O–H groups in total. The monoisotopic (exact) mass is 486 g/mol. The van der Waals surface area contributed by atoms with Crippen LogP contribution in [-0.2, 0) is 19.3 Å². The van der Waals surface area contributed by atoms with Gasteiger partial charge in [-0.3, -0.25) is 0 Å². The summed E-state index contributed by atoms with van der Waals surface area (Å²) in [7, 11) is 0. The van der Waals surface area contributed by atoms with Gasteiger partial charge in [0.1, 0.15) is 11.6 Å². The van der Waals surface area contributed by atoms with Crippen molar-refractivity contribution < 1.29 is 8.78 Å². The number of hydrogen-bond acceptors (Lipinski definition) is 0. The predicted molar refractivity (Wildman–Crippen MR) is 148 cm³/mol. The number of allylic oxidation sites excluding steroid dienone is 2. The molecule has 1 fully saturated rings. The molecule has 0 nitrogen and oxygen atoms in total. The topological polar surface area (TPSA) is 0 Å². The van der Waals surface area contributed by atoms with Gasteiger partial charge in [0.25, 0.3) is 0 Å². The molecule has 1 aliphatic carbocycles. The number of rotatable bonds is 10. The average molecular weight is 487 g/mol. The van der Waals surface area contributed by atoms with Crippen molar-refractivity contribution in [2.45, 2.75) is 83.5 Å². The minimum atomic E-state index is -0.385. The van der Waals surface area contributed by atoms with Crippen molar-refractivity contribution >= 4 is 0 Å². The second-order valence-corrected chi connectivity index (χ2v) is 10.7. The Labute approximate surface area is 216 Å². The Bertz CT molecular complexity index is 1080. The fourth-order valence-electron chi connectivity index (χ4n) is 5.70. The number of aryl methyl sites for hydroxylation is 2. The number of halogens is 2. The third kappa shape index (κ3) is 7.15. The predicted octanol–water partition coefficient (Wildman–Crippen LogP) is 9.73. The summed E-state index contributed by atoms with van der Waals surface area (Å²) in [4.78, 5) is 0. The van der Waals surface area contributed by atoms with Crippen molar-refractivity contribution in [3.63, 3.8) is 0 Å². The van der Waals surface area contributed by atoms with Crippen LogP contribution in [0.5, 0.6) is 0 Å². The first-order chi connectivity index (χ1) is 17.5. The van der Waals surface area contributed by atoms with Gasteiger partial charge in [-0.05, 0) is 117 Å². The first kappa shape index (κ1) is 26.3. The highest BCUT2D eigenvalue weighted by Gasteiger charge is 2.24. The van der Waals surface area contributed by atoms with Crippen LogP contribution in [-0.4, -0.2) is 0 Å². The third-order valence-electron chi connectivity index (χ3n) is 8.06. The van der Waals surface area contributed by atoms with Gasteiger partial charge in [0, 0.05) is 5.56 Å². The highest BCUT2D eigenvalue weighted by Crippen LogP contribution is 2.38. The smallest absolute Gasteiger partial charge is 0.129 e. The summed E-state index contributed by atoms with van der Waals surface area (Å²) in [5, 5.41) is 0. The maximum absolute atomic E-state index is 15.0. The molecule has 0 amide bonds. The van der Waals surface area contributed by atoms with Crippen molar-refractivity contribution in [1.82, 2.24) is 0 Å². The van der Waals surface area contributed by atoms with Crippen LogP contribution in [0.4, 0.5) is 8.78 Å². The van der Waals surface area contributed by atoms with Crippen molar-refractivity contribution in [1.29, 1.82) is 0 Å². The molecule has 1 saturated carbocycles. The van der Waals surface area contributed by atoms with Crippen molar-refractivity contribution in [2.24, 2.45) is 5.92 Å². The summed E-state index contributed by atoms with van der Waals surface area (Å²) in [6.45, 7) is 4.10. The second-order valence-electron chi connectivity index (χ2n) is 10.7. The zero-order valence-electron chi connectivity index (χ0n) is 21.9. The first-order valence-corrected chi connectivity index (χ1v) is 13.7. The molecule has 1 atom stereocenters. The van der Waals surface area contributed by atoms with Crippen LogP contribution in [0, 0.1) is 17.6 Å². The summed E-state index contributed by atoms with van der Waals surface area (Å²) in [5.74, 6) is 0.276. The molecule has 4 rings (SSSR count). The van der Waals surface area contributed by atoms with Crippen LogP contribution in [0.25, 0.3) is 0 Å². The van der Waals surface area contributed by atoms with Gasteiger partial charge < -0.3 is 0 Å². The van der Waals surface area contributed by atoms with Gasteiger partial charge in [-0.2, -0.15) is 0 Å². The van der Waals surface area contributed by atoms with E-state index in [1.54, 1.807) is 12.1 Å². The van der Waals surface area contributed by atoms with Crippen molar-refractivity contribution in [2.75, 3.05) is 0 Å². The third-order valence-corrected chi connectivity index (χ3v) is 8.06. The average Bonchev–Trinajstić information content (AvgIpc) is 2.91. The van der Waals surface area contributed by atoms with E-state index in [0.717, 1.165) is 56.1 Å². The molecule has 1 unspecified atom stereocenters. The van der Waals surface area contributed by atoms with E-state index in [9.17, 15) is 8.78 Å². The molecule has 3 aromatic rings. The van der Waals surface area contributed by atoms with Gasteiger partial charge in [-0.1, -0.05) is 73.7 Å². The summed E-state index contributed by atoms with van der Waals surface area (Å²) < 4.78 is 30.0. The SMILES string of the molecule is C/C=C/CCc1ccc(CCC2CCC(c3cc(F)c(CC(C)c4ccccc4)c(F)c3)CC2)cc1. The van der Waals surface area contributed by atoms with Gasteiger partial charge in [-0.25, -0.2) is 8.78 Å². The molecule has 0 bridgehead atoms. The molecule has 0 aliphatic heterocycles. The zero-order chi connectivity index (χ0) is 25.3. The molecule has 1 aliphatic rings. The molecule has 0 radical (unpaired) electrons. The Morgan fingerprint density at radius 3 is 2.06 bits per heavy atom. The van der Waals surface area contributed by atoms with Crippen LogP contribution in [0.2, 0.25) is 0 Å². The Hall–Kier alpha value is -2.74. The van der Waals surface area contributed by atoms with E-state index in [4.69, 9.17) is 0 Å². The van der Waals surface area contributed by atoms with Gasteiger partial charge in [-0.15, -0.1) is 0 Å². The lowest BCUT2D eigenvalue weighted by Crippen LogP contribution is -2.15. The molecule has 0 aromatic heterocycles. The first-order valence-electron chi connectivity index (χ1n) is 13.7. The van der Waals surface area contributed by atoms with Crippen LogP contribution in [0.3, 0.4) is 0 Å². The Balaban J connectivity index is 1.27. The summed E-state index contributed by atoms with van der Waals surface area (Å²) >= 11 is 0. The van der Waals surface area contributed by atoms with E-state index in [0.29, 0.717) is 12.3 Å². The van der Waals surface area contributed by atoms with Gasteiger partial charge >= 0.3 is 0 Å². The van der Waals surface area contributed by atoms with Crippen LogP contribution < -0.4 is 0 Å². The van der Waals surface area contributed by atoms with Crippen LogP contribution >= 0.6 is 0 Å². The van der Waals surface area contributed by atoms with E-state index < -0.39 is 0 Å². The minimum Gasteiger partial charge on any atom is -0.207 e. The molecule has 3 aromatic carbocycles. The molecular weight excluding hydrogens is 446 g/mol. The van der Waals surface area contributed by atoms with Crippen LogP contribution in [0.1, 0.15) is 92.0 Å². The van der Waals surface area contributed by atoms with Crippen molar-refractivity contribution in [3.05, 3.63) is 118 Å². The lowest BCUT2D eigenvalue weighted by molar-refractivity contribution is 0.309. The molecule has 2 heteroatoms. The lowest BCUT2D eigenvalue weighted by atomic mass is 9.76. The van der Waals surface area contributed by atoms with E-state index in [1.165, 1.54) is 17.5 Å². The number of hydrogen-bond donors (Lipinski definition) is 0. The lowest BCUT2D eigenvalue weighted by Gasteiger charge is -2.29. The Kier molecular flexibility index (Phi) is 9.50. The van der Waals surface area contributed by atoms with E-state index in [-0.39, 0.29) is 29.0 Å². The van der Waals surface area contributed by atoms with E-state index in [2.05, 4.69) is 43.3 Å². The highest BCUT2D eigenvalue weighted by molar-refractivity contribution is 5.31. The quantitative estimate of drug-likeness (QED) is 0.250. The molecule has 190 valence electrons. The van der Waals surface area contributed by atoms with E-state index >= 15 is 0 Å². The highest BCUT2D eigenvalue weighted by atomic mass is 19.1. The fourth-order valence-corrected chi connectivity index (χ4v) is 5.70.